The van der Waals surface area contributed by atoms with E-state index in [4.69, 9.17) is 0 Å². The molecule has 1 saturated heterocycles. The Morgan fingerprint density at radius 1 is 1.45 bits per heavy atom. The zero-order valence-electron chi connectivity index (χ0n) is 11.7. The summed E-state index contributed by atoms with van der Waals surface area (Å²) in [6.07, 6.45) is 5.31. The Labute approximate surface area is 118 Å². The fourth-order valence-electron chi connectivity index (χ4n) is 2.78. The van der Waals surface area contributed by atoms with Gasteiger partial charge in [-0.05, 0) is 55.3 Å². The number of tetrazole rings is 1. The van der Waals surface area contributed by atoms with E-state index < -0.39 is 0 Å². The summed E-state index contributed by atoms with van der Waals surface area (Å²) in [5.74, 6) is 0. The summed E-state index contributed by atoms with van der Waals surface area (Å²) in [4.78, 5) is 0. The molecule has 6 heteroatoms. The second kappa shape index (κ2) is 6.00. The zero-order valence-corrected chi connectivity index (χ0v) is 11.7. The minimum atomic E-state index is 0.406. The Kier molecular flexibility index (Phi) is 3.92. The first-order chi connectivity index (χ1) is 9.83. The molecule has 2 unspecified atom stereocenters. The lowest BCUT2D eigenvalue weighted by Crippen LogP contribution is -2.29. The third-order valence-corrected chi connectivity index (χ3v) is 3.70. The number of nitrogens with one attached hydrogen (secondary N) is 2. The van der Waals surface area contributed by atoms with Crippen LogP contribution in [0.4, 0.5) is 5.69 Å². The first-order valence-corrected chi connectivity index (χ1v) is 7.15. The Hall–Kier alpha value is -1.95. The highest BCUT2D eigenvalue weighted by molar-refractivity contribution is 5.60. The number of hydrogen-bond acceptors (Lipinski definition) is 5. The van der Waals surface area contributed by atoms with Gasteiger partial charge in [-0.1, -0.05) is 12.1 Å². The predicted octanol–water partition coefficient (Wildman–Crippen LogP) is 1.60. The third-order valence-electron chi connectivity index (χ3n) is 3.70. The molecule has 1 aromatic heterocycles. The quantitative estimate of drug-likeness (QED) is 0.865. The van der Waals surface area contributed by atoms with Gasteiger partial charge in [-0.2, -0.15) is 4.68 Å². The number of aromatic nitrogens is 4. The van der Waals surface area contributed by atoms with Gasteiger partial charge in [-0.25, -0.2) is 0 Å². The molecule has 20 heavy (non-hydrogen) atoms. The van der Waals surface area contributed by atoms with Crippen molar-refractivity contribution < 1.29 is 0 Å². The van der Waals surface area contributed by atoms with Gasteiger partial charge in [0.05, 0.1) is 11.4 Å². The van der Waals surface area contributed by atoms with Crippen molar-refractivity contribution in [3.8, 4) is 5.69 Å². The van der Waals surface area contributed by atoms with Crippen molar-refractivity contribution in [2.45, 2.75) is 38.3 Å². The molecule has 2 N–H and O–H groups in total. The fourth-order valence-corrected chi connectivity index (χ4v) is 2.78. The summed E-state index contributed by atoms with van der Waals surface area (Å²) in [5, 5.41) is 18.5. The molecule has 3 rings (SSSR count). The lowest BCUT2D eigenvalue weighted by molar-refractivity contribution is 0.523. The highest BCUT2D eigenvalue weighted by atomic mass is 15.5. The Balaban J connectivity index is 1.70. The summed E-state index contributed by atoms with van der Waals surface area (Å²) < 4.78 is 1.68. The molecule has 0 amide bonds. The molecule has 6 nitrogen and oxygen atoms in total. The lowest BCUT2D eigenvalue weighted by Gasteiger charge is -2.20. The monoisotopic (exact) mass is 272 g/mol. The smallest absolute Gasteiger partial charge is 0.143 e. The van der Waals surface area contributed by atoms with Crippen LogP contribution in [-0.4, -0.2) is 38.8 Å². The number of para-hydroxylation sites is 2. The van der Waals surface area contributed by atoms with Crippen molar-refractivity contribution in [3.63, 3.8) is 0 Å². The largest absolute Gasteiger partial charge is 0.381 e. The van der Waals surface area contributed by atoms with Crippen LogP contribution in [0.5, 0.6) is 0 Å². The van der Waals surface area contributed by atoms with Gasteiger partial charge in [0.1, 0.15) is 6.33 Å². The molecule has 2 atom stereocenters. The highest BCUT2D eigenvalue weighted by Crippen LogP contribution is 2.21. The molecule has 0 spiro atoms. The van der Waals surface area contributed by atoms with Crippen LogP contribution >= 0.6 is 0 Å². The minimum absolute atomic E-state index is 0.406. The molecule has 106 valence electrons. The molecule has 1 aliphatic heterocycles. The van der Waals surface area contributed by atoms with Gasteiger partial charge in [-0.3, -0.25) is 0 Å². The minimum Gasteiger partial charge on any atom is -0.381 e. The molecule has 0 radical (unpaired) electrons. The molecule has 0 aliphatic carbocycles. The van der Waals surface area contributed by atoms with Crippen LogP contribution in [0.3, 0.4) is 0 Å². The molecule has 2 heterocycles. The topological polar surface area (TPSA) is 67.7 Å². The van der Waals surface area contributed by atoms with Crippen molar-refractivity contribution in [2.75, 3.05) is 11.9 Å². The maximum absolute atomic E-state index is 3.96. The van der Waals surface area contributed by atoms with Gasteiger partial charge < -0.3 is 10.6 Å². The van der Waals surface area contributed by atoms with Crippen molar-refractivity contribution in [1.82, 2.24) is 25.5 Å². The van der Waals surface area contributed by atoms with E-state index in [9.17, 15) is 0 Å². The van der Waals surface area contributed by atoms with Gasteiger partial charge >= 0.3 is 0 Å². The molecule has 1 fully saturated rings. The van der Waals surface area contributed by atoms with E-state index in [1.54, 1.807) is 11.0 Å². The maximum atomic E-state index is 3.96. The number of anilines is 1. The predicted molar refractivity (Wildman–Crippen MR) is 77.9 cm³/mol. The van der Waals surface area contributed by atoms with E-state index in [1.807, 2.05) is 18.2 Å². The van der Waals surface area contributed by atoms with Crippen LogP contribution < -0.4 is 10.6 Å². The van der Waals surface area contributed by atoms with Crippen molar-refractivity contribution in [1.29, 1.82) is 0 Å². The number of rotatable bonds is 5. The van der Waals surface area contributed by atoms with Crippen LogP contribution in [0.2, 0.25) is 0 Å². The average Bonchev–Trinajstić information content (AvgIpc) is 3.11. The van der Waals surface area contributed by atoms with Crippen LogP contribution in [0.25, 0.3) is 5.69 Å². The second-order valence-electron chi connectivity index (χ2n) is 5.35. The lowest BCUT2D eigenvalue weighted by atomic mass is 10.1. The summed E-state index contributed by atoms with van der Waals surface area (Å²) in [6.45, 7) is 3.37. The van der Waals surface area contributed by atoms with Crippen LogP contribution in [0.1, 0.15) is 26.2 Å². The second-order valence-corrected chi connectivity index (χ2v) is 5.35. The van der Waals surface area contributed by atoms with Gasteiger partial charge in [0.25, 0.3) is 0 Å². The number of nitrogens with zero attached hydrogens (tertiary/aromatic N) is 4. The van der Waals surface area contributed by atoms with E-state index in [2.05, 4.69) is 39.1 Å². The van der Waals surface area contributed by atoms with Gasteiger partial charge in [0, 0.05) is 12.1 Å². The van der Waals surface area contributed by atoms with Crippen LogP contribution in [-0.2, 0) is 0 Å². The van der Waals surface area contributed by atoms with Crippen molar-refractivity contribution >= 4 is 5.69 Å². The molecule has 2 aromatic rings. The van der Waals surface area contributed by atoms with Crippen molar-refractivity contribution in [3.05, 3.63) is 30.6 Å². The zero-order chi connectivity index (χ0) is 13.8. The first-order valence-electron chi connectivity index (χ1n) is 7.15. The Bertz CT molecular complexity index is 532. The maximum Gasteiger partial charge on any atom is 0.143 e. The van der Waals surface area contributed by atoms with E-state index in [-0.39, 0.29) is 0 Å². The molecule has 0 saturated carbocycles. The van der Waals surface area contributed by atoms with Crippen molar-refractivity contribution in [2.24, 2.45) is 0 Å². The molecular weight excluding hydrogens is 252 g/mol. The summed E-state index contributed by atoms with van der Waals surface area (Å²) in [5.41, 5.74) is 2.04. The normalized spacial score (nSPS) is 19.9. The molecule has 0 bridgehead atoms. The Morgan fingerprint density at radius 3 is 3.10 bits per heavy atom. The van der Waals surface area contributed by atoms with E-state index in [0.717, 1.165) is 24.3 Å². The summed E-state index contributed by atoms with van der Waals surface area (Å²) in [6, 6.07) is 9.14. The van der Waals surface area contributed by atoms with Crippen LogP contribution in [0.15, 0.2) is 30.6 Å². The molecule has 1 aromatic carbocycles. The Morgan fingerprint density at radius 2 is 2.35 bits per heavy atom. The third kappa shape index (κ3) is 2.96. The summed E-state index contributed by atoms with van der Waals surface area (Å²) >= 11 is 0. The molecular formula is C14H20N6. The van der Waals surface area contributed by atoms with Gasteiger partial charge in [0.15, 0.2) is 0 Å². The average molecular weight is 272 g/mol. The molecule has 1 aliphatic rings. The standard InChI is InChI=1S/C14H20N6/c1-11(9-12-5-4-8-15-12)17-13-6-2-3-7-14(13)20-10-16-18-19-20/h2-3,6-7,10-12,15,17H,4-5,8-9H2,1H3. The number of hydrogen-bond donors (Lipinski definition) is 2. The van der Waals surface area contributed by atoms with E-state index in [0.29, 0.717) is 12.1 Å². The van der Waals surface area contributed by atoms with Gasteiger partial charge in [0.2, 0.25) is 0 Å². The van der Waals surface area contributed by atoms with E-state index in [1.165, 1.54) is 12.8 Å². The first kappa shape index (κ1) is 13.1. The van der Waals surface area contributed by atoms with Crippen LogP contribution in [0, 0.1) is 0 Å². The van der Waals surface area contributed by atoms with E-state index >= 15 is 0 Å². The number of benzene rings is 1. The van der Waals surface area contributed by atoms with Gasteiger partial charge in [-0.15, -0.1) is 5.10 Å². The fraction of sp³-hybridized carbons (Fsp3) is 0.500. The summed E-state index contributed by atoms with van der Waals surface area (Å²) in [7, 11) is 0. The highest BCUT2D eigenvalue weighted by Gasteiger charge is 2.17. The SMILES string of the molecule is CC(CC1CCCN1)Nc1ccccc1-n1cnnn1.